The van der Waals surface area contributed by atoms with Crippen LogP contribution < -0.4 is 0 Å². The lowest BCUT2D eigenvalue weighted by molar-refractivity contribution is -0.115. The van der Waals surface area contributed by atoms with E-state index in [2.05, 4.69) is 26.0 Å². The second kappa shape index (κ2) is 3.72. The maximum atomic E-state index is 11.6. The van der Waals surface area contributed by atoms with Crippen LogP contribution in [0.5, 0.6) is 0 Å². The zero-order chi connectivity index (χ0) is 10.1. The van der Waals surface area contributed by atoms with Crippen LogP contribution in [0.3, 0.4) is 0 Å². The molecule has 1 nitrogen and oxygen atoms in total. The molecule has 0 heterocycles. The highest BCUT2D eigenvalue weighted by Gasteiger charge is 2.24. The number of hydrogen-bond acceptors (Lipinski definition) is 1. The number of allylic oxidation sites excluding steroid dienone is 4. The predicted molar refractivity (Wildman–Crippen MR) is 58.0 cm³/mol. The van der Waals surface area contributed by atoms with Gasteiger partial charge in [-0.1, -0.05) is 31.6 Å². The van der Waals surface area contributed by atoms with Crippen molar-refractivity contribution in [3.63, 3.8) is 0 Å². The van der Waals surface area contributed by atoms with Crippen molar-refractivity contribution in [2.24, 2.45) is 11.8 Å². The van der Waals surface area contributed by atoms with E-state index in [0.717, 1.165) is 31.3 Å². The van der Waals surface area contributed by atoms with E-state index in [1.165, 1.54) is 5.57 Å². The third-order valence-corrected chi connectivity index (χ3v) is 3.41. The van der Waals surface area contributed by atoms with Crippen molar-refractivity contribution in [1.82, 2.24) is 0 Å². The molecule has 0 saturated heterocycles. The minimum absolute atomic E-state index is 0.365. The quantitative estimate of drug-likeness (QED) is 0.620. The number of hydrogen-bond donors (Lipinski definition) is 0. The van der Waals surface area contributed by atoms with Crippen molar-refractivity contribution in [3.8, 4) is 0 Å². The van der Waals surface area contributed by atoms with Gasteiger partial charge < -0.3 is 0 Å². The molecule has 2 rings (SSSR count). The van der Waals surface area contributed by atoms with Crippen molar-refractivity contribution < 1.29 is 4.79 Å². The Morgan fingerprint density at radius 2 is 2.14 bits per heavy atom. The van der Waals surface area contributed by atoms with E-state index in [-0.39, 0.29) is 0 Å². The molecule has 0 bridgehead atoms. The summed E-state index contributed by atoms with van der Waals surface area (Å²) in [6.45, 7) is 4.51. The van der Waals surface area contributed by atoms with Gasteiger partial charge >= 0.3 is 0 Å². The SMILES string of the molecule is CC(C)C1C=CC2=C(CCCC2=O)C1. The lowest BCUT2D eigenvalue weighted by atomic mass is 9.77. The minimum Gasteiger partial charge on any atom is -0.294 e. The number of carbonyl (C=O) groups excluding carboxylic acids is 1. The van der Waals surface area contributed by atoms with E-state index < -0.39 is 0 Å². The molecule has 1 heteroatoms. The highest BCUT2D eigenvalue weighted by atomic mass is 16.1. The minimum atomic E-state index is 0.365. The van der Waals surface area contributed by atoms with Gasteiger partial charge in [0.1, 0.15) is 0 Å². The summed E-state index contributed by atoms with van der Waals surface area (Å²) in [5, 5.41) is 0. The van der Waals surface area contributed by atoms with Gasteiger partial charge in [-0.25, -0.2) is 0 Å². The molecule has 0 spiro atoms. The first-order chi connectivity index (χ1) is 6.68. The standard InChI is InChI=1S/C13H18O/c1-9(2)10-6-7-12-11(8-10)4-3-5-13(12)14/h6-7,9-10H,3-5,8H2,1-2H3. The summed E-state index contributed by atoms with van der Waals surface area (Å²) in [7, 11) is 0. The molecule has 0 aliphatic heterocycles. The summed E-state index contributed by atoms with van der Waals surface area (Å²) in [5.74, 6) is 1.71. The van der Waals surface area contributed by atoms with E-state index in [1.807, 2.05) is 0 Å². The lowest BCUT2D eigenvalue weighted by Gasteiger charge is -2.27. The number of rotatable bonds is 1. The first kappa shape index (κ1) is 9.70. The molecule has 1 unspecified atom stereocenters. The van der Waals surface area contributed by atoms with Crippen molar-refractivity contribution in [2.45, 2.75) is 39.5 Å². The molecule has 0 amide bonds. The average molecular weight is 190 g/mol. The van der Waals surface area contributed by atoms with Crippen LogP contribution in [0.25, 0.3) is 0 Å². The number of carbonyl (C=O) groups is 1. The Labute approximate surface area is 85.9 Å². The summed E-state index contributed by atoms with van der Waals surface area (Å²) >= 11 is 0. The molecule has 2 aliphatic rings. The molecule has 0 aromatic heterocycles. The smallest absolute Gasteiger partial charge is 0.162 e. The maximum absolute atomic E-state index is 11.6. The van der Waals surface area contributed by atoms with Crippen molar-refractivity contribution in [3.05, 3.63) is 23.3 Å². The number of ketones is 1. The molecular formula is C13H18O. The highest BCUT2D eigenvalue weighted by molar-refractivity contribution is 5.99. The maximum Gasteiger partial charge on any atom is 0.162 e. The van der Waals surface area contributed by atoms with Crippen LogP contribution in [-0.2, 0) is 4.79 Å². The Morgan fingerprint density at radius 1 is 1.36 bits per heavy atom. The summed E-state index contributed by atoms with van der Waals surface area (Å²) in [4.78, 5) is 11.6. The summed E-state index contributed by atoms with van der Waals surface area (Å²) in [6, 6.07) is 0. The van der Waals surface area contributed by atoms with Crippen LogP contribution >= 0.6 is 0 Å². The normalized spacial score (nSPS) is 27.1. The van der Waals surface area contributed by atoms with E-state index in [0.29, 0.717) is 17.6 Å². The molecular weight excluding hydrogens is 172 g/mol. The second-order valence-electron chi connectivity index (χ2n) is 4.77. The van der Waals surface area contributed by atoms with Crippen LogP contribution in [0, 0.1) is 11.8 Å². The molecule has 14 heavy (non-hydrogen) atoms. The molecule has 1 atom stereocenters. The van der Waals surface area contributed by atoms with E-state index in [1.54, 1.807) is 0 Å². The van der Waals surface area contributed by atoms with Crippen molar-refractivity contribution >= 4 is 5.78 Å². The van der Waals surface area contributed by atoms with Gasteiger partial charge in [-0.15, -0.1) is 0 Å². The first-order valence-corrected chi connectivity index (χ1v) is 5.62. The average Bonchev–Trinajstić information content (AvgIpc) is 2.17. The van der Waals surface area contributed by atoms with Crippen LogP contribution in [-0.4, -0.2) is 5.78 Å². The zero-order valence-electron chi connectivity index (χ0n) is 9.05. The van der Waals surface area contributed by atoms with Crippen molar-refractivity contribution in [1.29, 1.82) is 0 Å². The van der Waals surface area contributed by atoms with E-state index in [9.17, 15) is 4.79 Å². The molecule has 2 aliphatic carbocycles. The van der Waals surface area contributed by atoms with Gasteiger partial charge in [0.15, 0.2) is 5.78 Å². The van der Waals surface area contributed by atoms with Gasteiger partial charge in [-0.05, 0) is 31.1 Å². The van der Waals surface area contributed by atoms with Gasteiger partial charge in [-0.2, -0.15) is 0 Å². The topological polar surface area (TPSA) is 17.1 Å². The summed E-state index contributed by atoms with van der Waals surface area (Å²) in [5.41, 5.74) is 2.45. The molecule has 0 saturated carbocycles. The molecule has 0 radical (unpaired) electrons. The Hall–Kier alpha value is -0.850. The molecule has 0 N–H and O–H groups in total. The fraction of sp³-hybridized carbons (Fsp3) is 0.615. The lowest BCUT2D eigenvalue weighted by Crippen LogP contribution is -2.18. The molecule has 76 valence electrons. The van der Waals surface area contributed by atoms with Gasteiger partial charge in [0, 0.05) is 12.0 Å². The third kappa shape index (κ3) is 1.68. The van der Waals surface area contributed by atoms with Crippen LogP contribution in [0.2, 0.25) is 0 Å². The van der Waals surface area contributed by atoms with E-state index in [4.69, 9.17) is 0 Å². The summed E-state index contributed by atoms with van der Waals surface area (Å²) < 4.78 is 0. The van der Waals surface area contributed by atoms with Crippen LogP contribution in [0.15, 0.2) is 23.3 Å². The van der Waals surface area contributed by atoms with Gasteiger partial charge in [0.2, 0.25) is 0 Å². The zero-order valence-corrected chi connectivity index (χ0v) is 9.05. The molecule has 0 fully saturated rings. The third-order valence-electron chi connectivity index (χ3n) is 3.41. The fourth-order valence-electron chi connectivity index (χ4n) is 2.38. The molecule has 0 aromatic rings. The largest absolute Gasteiger partial charge is 0.294 e. The predicted octanol–water partition coefficient (Wildman–Crippen LogP) is 3.27. The Kier molecular flexibility index (Phi) is 2.58. The van der Waals surface area contributed by atoms with Crippen LogP contribution in [0.1, 0.15) is 39.5 Å². The highest BCUT2D eigenvalue weighted by Crippen LogP contribution is 2.34. The van der Waals surface area contributed by atoms with Crippen LogP contribution in [0.4, 0.5) is 0 Å². The Balaban J connectivity index is 2.20. The number of Topliss-reactive ketones (excluding diaryl/α,β-unsaturated/α-hetero) is 1. The summed E-state index contributed by atoms with van der Waals surface area (Å²) in [6.07, 6.45) is 8.40. The van der Waals surface area contributed by atoms with Gasteiger partial charge in [0.25, 0.3) is 0 Å². The van der Waals surface area contributed by atoms with Crippen molar-refractivity contribution in [2.75, 3.05) is 0 Å². The fourth-order valence-corrected chi connectivity index (χ4v) is 2.38. The van der Waals surface area contributed by atoms with Gasteiger partial charge in [0.05, 0.1) is 0 Å². The molecule has 0 aromatic carbocycles. The second-order valence-corrected chi connectivity index (χ2v) is 4.77. The van der Waals surface area contributed by atoms with E-state index >= 15 is 0 Å². The Bertz CT molecular complexity index is 307. The van der Waals surface area contributed by atoms with Gasteiger partial charge in [-0.3, -0.25) is 4.79 Å². The Morgan fingerprint density at radius 3 is 2.86 bits per heavy atom. The first-order valence-electron chi connectivity index (χ1n) is 5.62. The monoisotopic (exact) mass is 190 g/mol.